The van der Waals surface area contributed by atoms with Crippen LogP contribution in [-0.4, -0.2) is 25.0 Å². The molecule has 1 aliphatic rings. The molecule has 0 heterocycles. The highest BCUT2D eigenvalue weighted by Gasteiger charge is 2.22. The van der Waals surface area contributed by atoms with Crippen molar-refractivity contribution in [1.82, 2.24) is 16.0 Å². The molecule has 1 aliphatic carbocycles. The molecule has 0 unspecified atom stereocenters. The number of carbonyl (C=O) groups is 2. The van der Waals surface area contributed by atoms with E-state index in [1.165, 1.54) is 0 Å². The first-order valence-electron chi connectivity index (χ1n) is 9.95. The molecule has 6 heteroatoms. The monoisotopic (exact) mass is 393 g/mol. The lowest BCUT2D eigenvalue weighted by Crippen LogP contribution is -2.39. The zero-order valence-electron chi connectivity index (χ0n) is 16.4. The fourth-order valence-corrected chi connectivity index (χ4v) is 3.66. The average Bonchev–Trinajstić information content (AvgIpc) is 2.64. The average molecular weight is 394 g/mol. The third kappa shape index (κ3) is 8.21. The minimum atomic E-state index is -0.155. The summed E-state index contributed by atoms with van der Waals surface area (Å²) >= 11 is 6.09. The molecule has 0 atom stereocenters. The van der Waals surface area contributed by atoms with Gasteiger partial charge in [0.2, 0.25) is 5.91 Å². The molecule has 0 bridgehead atoms. The van der Waals surface area contributed by atoms with E-state index >= 15 is 0 Å². The van der Waals surface area contributed by atoms with Crippen LogP contribution in [0.4, 0.5) is 4.79 Å². The van der Waals surface area contributed by atoms with E-state index in [9.17, 15) is 9.59 Å². The molecule has 1 saturated carbocycles. The molecule has 27 heavy (non-hydrogen) atoms. The highest BCUT2D eigenvalue weighted by atomic mass is 35.5. The summed E-state index contributed by atoms with van der Waals surface area (Å²) in [6.07, 6.45) is 5.00. The van der Waals surface area contributed by atoms with Crippen molar-refractivity contribution in [2.75, 3.05) is 13.1 Å². The molecule has 0 saturated heterocycles. The number of rotatable bonds is 8. The molecule has 150 valence electrons. The summed E-state index contributed by atoms with van der Waals surface area (Å²) in [6.45, 7) is 6.02. The maximum absolute atomic E-state index is 12.0. The van der Waals surface area contributed by atoms with Crippen LogP contribution in [0.15, 0.2) is 24.3 Å². The van der Waals surface area contributed by atoms with Crippen molar-refractivity contribution in [3.8, 4) is 0 Å². The first-order valence-corrected chi connectivity index (χ1v) is 10.3. The van der Waals surface area contributed by atoms with Gasteiger partial charge in [-0.2, -0.15) is 0 Å². The Kier molecular flexibility index (Phi) is 8.92. The summed E-state index contributed by atoms with van der Waals surface area (Å²) in [5.74, 6) is 1.63. The SMILES string of the molecule is CC(C)CC(=O)NCC1CCC(CNC(=O)NCc2ccccc2Cl)CC1. The smallest absolute Gasteiger partial charge is 0.315 e. The lowest BCUT2D eigenvalue weighted by molar-refractivity contribution is -0.122. The Bertz CT molecular complexity index is 613. The Balaban J connectivity index is 1.58. The first-order chi connectivity index (χ1) is 12.9. The van der Waals surface area contributed by atoms with Gasteiger partial charge in [0.25, 0.3) is 0 Å². The molecule has 3 amide bonds. The zero-order chi connectivity index (χ0) is 19.6. The van der Waals surface area contributed by atoms with Crippen molar-refractivity contribution in [2.45, 2.75) is 52.5 Å². The van der Waals surface area contributed by atoms with E-state index < -0.39 is 0 Å². The van der Waals surface area contributed by atoms with E-state index in [1.807, 2.05) is 24.3 Å². The molecule has 1 fully saturated rings. The lowest BCUT2D eigenvalue weighted by atomic mass is 9.82. The van der Waals surface area contributed by atoms with Gasteiger partial charge in [-0.15, -0.1) is 0 Å². The number of urea groups is 1. The third-order valence-electron chi connectivity index (χ3n) is 5.10. The Hall–Kier alpha value is -1.75. The summed E-state index contributed by atoms with van der Waals surface area (Å²) in [6, 6.07) is 7.35. The highest BCUT2D eigenvalue weighted by Crippen LogP contribution is 2.28. The number of benzene rings is 1. The number of halogens is 1. The Labute approximate surface area is 167 Å². The van der Waals surface area contributed by atoms with Crippen LogP contribution in [0, 0.1) is 17.8 Å². The molecule has 2 rings (SSSR count). The van der Waals surface area contributed by atoms with E-state index in [0.717, 1.165) is 37.8 Å². The molecule has 0 radical (unpaired) electrons. The minimum Gasteiger partial charge on any atom is -0.356 e. The second kappa shape index (κ2) is 11.2. The molecule has 1 aromatic carbocycles. The summed E-state index contributed by atoms with van der Waals surface area (Å²) in [4.78, 5) is 23.7. The van der Waals surface area contributed by atoms with Gasteiger partial charge in [0, 0.05) is 31.1 Å². The van der Waals surface area contributed by atoms with Gasteiger partial charge in [-0.25, -0.2) is 4.79 Å². The largest absolute Gasteiger partial charge is 0.356 e. The van der Waals surface area contributed by atoms with Crippen LogP contribution < -0.4 is 16.0 Å². The van der Waals surface area contributed by atoms with Crippen LogP contribution in [0.5, 0.6) is 0 Å². The number of nitrogens with one attached hydrogen (secondary N) is 3. The van der Waals surface area contributed by atoms with Crippen molar-refractivity contribution in [3.63, 3.8) is 0 Å². The molecule has 0 aliphatic heterocycles. The van der Waals surface area contributed by atoms with Crippen LogP contribution in [0.3, 0.4) is 0 Å². The second-order valence-electron chi connectivity index (χ2n) is 7.94. The highest BCUT2D eigenvalue weighted by molar-refractivity contribution is 6.31. The van der Waals surface area contributed by atoms with E-state index in [1.54, 1.807) is 0 Å². The van der Waals surface area contributed by atoms with Crippen LogP contribution in [0.1, 0.15) is 51.5 Å². The maximum atomic E-state index is 12.0. The summed E-state index contributed by atoms with van der Waals surface area (Å²) < 4.78 is 0. The van der Waals surface area contributed by atoms with Crippen LogP contribution in [-0.2, 0) is 11.3 Å². The topological polar surface area (TPSA) is 70.2 Å². The number of hydrogen-bond acceptors (Lipinski definition) is 2. The van der Waals surface area contributed by atoms with Crippen molar-refractivity contribution < 1.29 is 9.59 Å². The quantitative estimate of drug-likeness (QED) is 0.622. The van der Waals surface area contributed by atoms with Crippen molar-refractivity contribution in [3.05, 3.63) is 34.9 Å². The Morgan fingerprint density at radius 3 is 2.19 bits per heavy atom. The zero-order valence-corrected chi connectivity index (χ0v) is 17.1. The standard InChI is InChI=1S/C21H32ClN3O2/c1-15(2)11-20(26)23-12-16-7-9-17(10-8-16)13-24-21(27)25-14-18-5-3-4-6-19(18)22/h3-6,15-17H,7-14H2,1-2H3,(H,23,26)(H2,24,25,27). The van der Waals surface area contributed by atoms with Crippen molar-refractivity contribution in [1.29, 1.82) is 0 Å². The molecule has 1 aromatic rings. The molecule has 5 nitrogen and oxygen atoms in total. The fraction of sp³-hybridized carbons (Fsp3) is 0.619. The van der Waals surface area contributed by atoms with Crippen LogP contribution >= 0.6 is 11.6 Å². The Morgan fingerprint density at radius 2 is 1.59 bits per heavy atom. The van der Waals surface area contributed by atoms with Gasteiger partial charge in [-0.3, -0.25) is 4.79 Å². The Morgan fingerprint density at radius 1 is 1.00 bits per heavy atom. The van der Waals surface area contributed by atoms with Gasteiger partial charge >= 0.3 is 6.03 Å². The molecule has 0 aromatic heterocycles. The van der Waals surface area contributed by atoms with E-state index in [2.05, 4.69) is 29.8 Å². The number of hydrogen-bond donors (Lipinski definition) is 3. The van der Waals surface area contributed by atoms with Gasteiger partial charge in [-0.1, -0.05) is 43.6 Å². The second-order valence-corrected chi connectivity index (χ2v) is 8.35. The molecule has 3 N–H and O–H groups in total. The fourth-order valence-electron chi connectivity index (χ4n) is 3.46. The molecular weight excluding hydrogens is 362 g/mol. The lowest BCUT2D eigenvalue weighted by Gasteiger charge is -2.28. The number of carbonyl (C=O) groups excluding carboxylic acids is 2. The van der Waals surface area contributed by atoms with Crippen LogP contribution in [0.25, 0.3) is 0 Å². The minimum absolute atomic E-state index is 0.155. The summed E-state index contributed by atoms with van der Waals surface area (Å²) in [7, 11) is 0. The van der Waals surface area contributed by atoms with E-state index in [-0.39, 0.29) is 11.9 Å². The molecular formula is C21H32ClN3O2. The van der Waals surface area contributed by atoms with Gasteiger partial charge in [0.15, 0.2) is 0 Å². The van der Waals surface area contributed by atoms with E-state index in [4.69, 9.17) is 11.6 Å². The van der Waals surface area contributed by atoms with Crippen molar-refractivity contribution in [2.24, 2.45) is 17.8 Å². The normalized spacial score (nSPS) is 19.6. The summed E-state index contributed by atoms with van der Waals surface area (Å²) in [5, 5.41) is 9.54. The van der Waals surface area contributed by atoms with Gasteiger partial charge in [0.05, 0.1) is 0 Å². The van der Waals surface area contributed by atoms with Crippen molar-refractivity contribution >= 4 is 23.5 Å². The molecule has 0 spiro atoms. The summed E-state index contributed by atoms with van der Waals surface area (Å²) in [5.41, 5.74) is 0.911. The van der Waals surface area contributed by atoms with E-state index in [0.29, 0.717) is 42.3 Å². The van der Waals surface area contributed by atoms with Crippen LogP contribution in [0.2, 0.25) is 5.02 Å². The van der Waals surface area contributed by atoms with Gasteiger partial charge in [0.1, 0.15) is 0 Å². The van der Waals surface area contributed by atoms with Gasteiger partial charge in [-0.05, 0) is 55.1 Å². The van der Waals surface area contributed by atoms with Gasteiger partial charge < -0.3 is 16.0 Å². The third-order valence-corrected chi connectivity index (χ3v) is 5.47. The predicted molar refractivity (Wildman–Crippen MR) is 110 cm³/mol. The predicted octanol–water partition coefficient (Wildman–Crippen LogP) is 4.11. The first kappa shape index (κ1) is 21.5. The number of amides is 3. The maximum Gasteiger partial charge on any atom is 0.315 e.